The molecule has 0 radical (unpaired) electrons. The minimum Gasteiger partial charge on any atom is -0.351 e. The van der Waals surface area contributed by atoms with Crippen LogP contribution < -0.4 is 4.90 Å². The van der Waals surface area contributed by atoms with Crippen molar-refractivity contribution in [2.45, 2.75) is 57.5 Å². The molecule has 0 amide bonds. The Labute approximate surface area is 133 Å². The molecule has 0 N–H and O–H groups in total. The van der Waals surface area contributed by atoms with Gasteiger partial charge in [-0.25, -0.2) is 4.98 Å². The molecule has 1 aromatic rings. The number of aromatic nitrogens is 1. The van der Waals surface area contributed by atoms with Crippen molar-refractivity contribution < 1.29 is 0 Å². The van der Waals surface area contributed by atoms with Gasteiger partial charge in [-0.3, -0.25) is 4.90 Å². The Morgan fingerprint density at radius 2 is 2.14 bits per heavy atom. The molecule has 3 rings (SSSR count). The van der Waals surface area contributed by atoms with E-state index in [2.05, 4.69) is 35.8 Å². The van der Waals surface area contributed by atoms with Crippen LogP contribution in [0, 0.1) is 0 Å². The number of nitrogens with zero attached hydrogens (tertiary/aromatic N) is 3. The van der Waals surface area contributed by atoms with Crippen LogP contribution in [-0.2, 0) is 12.3 Å². The van der Waals surface area contributed by atoms with Gasteiger partial charge in [0, 0.05) is 36.7 Å². The summed E-state index contributed by atoms with van der Waals surface area (Å²) in [6.07, 6.45) is 5.04. The Kier molecular flexibility index (Phi) is 4.70. The fourth-order valence-electron chi connectivity index (χ4n) is 3.71. The molecule has 2 unspecified atom stereocenters. The maximum absolute atomic E-state index is 6.06. The number of halogens is 1. The maximum Gasteiger partial charge on any atom is 0.129 e. The molecule has 116 valence electrons. The molecule has 2 atom stereocenters. The monoisotopic (exact) mass is 307 g/mol. The number of piperidine rings is 1. The minimum absolute atomic E-state index is 0.530. The highest BCUT2D eigenvalue weighted by Crippen LogP contribution is 2.28. The molecule has 2 aliphatic rings. The molecule has 21 heavy (non-hydrogen) atoms. The molecule has 0 spiro atoms. The van der Waals surface area contributed by atoms with Crippen LogP contribution in [0.4, 0.5) is 5.82 Å². The fraction of sp³-hybridized carbons (Fsp3) is 0.706. The first-order chi connectivity index (χ1) is 10.2. The summed E-state index contributed by atoms with van der Waals surface area (Å²) < 4.78 is 0. The van der Waals surface area contributed by atoms with E-state index in [1.54, 1.807) is 0 Å². The lowest BCUT2D eigenvalue weighted by molar-refractivity contribution is 0.115. The number of hydrogen-bond acceptors (Lipinski definition) is 3. The average molecular weight is 308 g/mol. The van der Waals surface area contributed by atoms with Crippen molar-refractivity contribution in [2.75, 3.05) is 24.5 Å². The van der Waals surface area contributed by atoms with Crippen LogP contribution in [0.1, 0.15) is 44.4 Å². The van der Waals surface area contributed by atoms with Gasteiger partial charge in [0.25, 0.3) is 0 Å². The van der Waals surface area contributed by atoms with Crippen molar-refractivity contribution in [3.05, 3.63) is 23.4 Å². The van der Waals surface area contributed by atoms with Gasteiger partial charge in [-0.2, -0.15) is 0 Å². The van der Waals surface area contributed by atoms with Gasteiger partial charge in [0.2, 0.25) is 0 Å². The van der Waals surface area contributed by atoms with Crippen LogP contribution in [0.5, 0.6) is 0 Å². The zero-order valence-corrected chi connectivity index (χ0v) is 13.9. The van der Waals surface area contributed by atoms with Crippen LogP contribution in [-0.4, -0.2) is 41.6 Å². The fourth-order valence-corrected chi connectivity index (χ4v) is 3.86. The second-order valence-electron chi connectivity index (χ2n) is 6.46. The third-order valence-corrected chi connectivity index (χ3v) is 5.23. The number of hydrogen-bond donors (Lipinski definition) is 0. The molecular weight excluding hydrogens is 282 g/mol. The normalized spacial score (nSPS) is 26.7. The Bertz CT molecular complexity index is 469. The van der Waals surface area contributed by atoms with Gasteiger partial charge < -0.3 is 4.90 Å². The topological polar surface area (TPSA) is 19.4 Å². The zero-order valence-electron chi connectivity index (χ0n) is 13.2. The van der Waals surface area contributed by atoms with Crippen molar-refractivity contribution in [3.8, 4) is 0 Å². The first-order valence-corrected chi connectivity index (χ1v) is 8.81. The van der Waals surface area contributed by atoms with E-state index in [1.165, 1.54) is 37.9 Å². The highest BCUT2D eigenvalue weighted by atomic mass is 35.5. The standard InChI is InChI=1S/C17H26ClN3/c1-3-15-8-14(10-18)9-17(19-15)21-12-16-6-4-5-7-20(16)11-13(21)2/h8-9,13,16H,3-7,10-12H2,1-2H3. The Morgan fingerprint density at radius 3 is 2.90 bits per heavy atom. The van der Waals surface area contributed by atoms with Crippen molar-refractivity contribution in [3.63, 3.8) is 0 Å². The van der Waals surface area contributed by atoms with Gasteiger partial charge in [0.15, 0.2) is 0 Å². The Hall–Kier alpha value is -0.800. The number of alkyl halides is 1. The molecule has 0 aliphatic carbocycles. The van der Waals surface area contributed by atoms with E-state index in [1.807, 2.05) is 0 Å². The van der Waals surface area contributed by atoms with Crippen LogP contribution in [0.15, 0.2) is 12.1 Å². The number of piperazine rings is 1. The summed E-state index contributed by atoms with van der Waals surface area (Å²) >= 11 is 6.06. The Balaban J connectivity index is 1.85. The second-order valence-corrected chi connectivity index (χ2v) is 6.73. The van der Waals surface area contributed by atoms with E-state index >= 15 is 0 Å². The smallest absolute Gasteiger partial charge is 0.129 e. The zero-order chi connectivity index (χ0) is 14.8. The predicted octanol–water partition coefficient (Wildman–Crippen LogP) is 3.45. The van der Waals surface area contributed by atoms with E-state index in [0.29, 0.717) is 18.0 Å². The van der Waals surface area contributed by atoms with Gasteiger partial charge in [-0.05, 0) is 50.4 Å². The lowest BCUT2D eigenvalue weighted by Crippen LogP contribution is -2.59. The molecule has 3 heterocycles. The lowest BCUT2D eigenvalue weighted by atomic mass is 9.97. The van der Waals surface area contributed by atoms with Crippen LogP contribution in [0.3, 0.4) is 0 Å². The minimum atomic E-state index is 0.530. The maximum atomic E-state index is 6.06. The summed E-state index contributed by atoms with van der Waals surface area (Å²) in [6, 6.07) is 5.56. The number of pyridine rings is 1. The SMILES string of the molecule is CCc1cc(CCl)cc(N2CC3CCCCN3CC2C)n1. The summed E-state index contributed by atoms with van der Waals surface area (Å²) in [7, 11) is 0. The van der Waals surface area contributed by atoms with Gasteiger partial charge in [-0.15, -0.1) is 11.6 Å². The molecule has 3 nitrogen and oxygen atoms in total. The van der Waals surface area contributed by atoms with Crippen LogP contribution >= 0.6 is 11.6 Å². The molecule has 2 fully saturated rings. The molecule has 4 heteroatoms. The van der Waals surface area contributed by atoms with Crippen molar-refractivity contribution in [2.24, 2.45) is 0 Å². The number of aryl methyl sites for hydroxylation is 1. The summed E-state index contributed by atoms with van der Waals surface area (Å²) in [4.78, 5) is 10.0. The second kappa shape index (κ2) is 6.53. The quantitative estimate of drug-likeness (QED) is 0.797. The third kappa shape index (κ3) is 3.19. The highest BCUT2D eigenvalue weighted by molar-refractivity contribution is 6.17. The van der Waals surface area contributed by atoms with Crippen molar-refractivity contribution in [1.29, 1.82) is 0 Å². The van der Waals surface area contributed by atoms with E-state index < -0.39 is 0 Å². The van der Waals surface area contributed by atoms with E-state index in [4.69, 9.17) is 16.6 Å². The van der Waals surface area contributed by atoms with E-state index in [9.17, 15) is 0 Å². The van der Waals surface area contributed by atoms with Crippen LogP contribution in [0.2, 0.25) is 0 Å². The first-order valence-electron chi connectivity index (χ1n) is 8.27. The molecule has 0 saturated carbocycles. The summed E-state index contributed by atoms with van der Waals surface area (Å²) in [5, 5.41) is 0. The average Bonchev–Trinajstić information content (AvgIpc) is 2.53. The van der Waals surface area contributed by atoms with Gasteiger partial charge in [0.05, 0.1) is 0 Å². The highest BCUT2D eigenvalue weighted by Gasteiger charge is 2.33. The molecule has 1 aromatic heterocycles. The largest absolute Gasteiger partial charge is 0.351 e. The lowest BCUT2D eigenvalue weighted by Gasteiger charge is -2.48. The van der Waals surface area contributed by atoms with E-state index in [0.717, 1.165) is 24.5 Å². The molecular formula is C17H26ClN3. The van der Waals surface area contributed by atoms with Crippen LogP contribution in [0.25, 0.3) is 0 Å². The van der Waals surface area contributed by atoms with Crippen molar-refractivity contribution in [1.82, 2.24) is 9.88 Å². The third-order valence-electron chi connectivity index (χ3n) is 4.92. The Morgan fingerprint density at radius 1 is 1.29 bits per heavy atom. The molecule has 0 aromatic carbocycles. The first kappa shape index (κ1) is 15.1. The molecule has 0 bridgehead atoms. The number of fused-ring (bicyclic) bond motifs is 1. The van der Waals surface area contributed by atoms with Gasteiger partial charge in [0.1, 0.15) is 5.82 Å². The number of rotatable bonds is 3. The van der Waals surface area contributed by atoms with Gasteiger partial charge >= 0.3 is 0 Å². The van der Waals surface area contributed by atoms with Crippen molar-refractivity contribution >= 4 is 17.4 Å². The summed E-state index contributed by atoms with van der Waals surface area (Å²) in [5.74, 6) is 1.70. The molecule has 2 aliphatic heterocycles. The number of anilines is 1. The van der Waals surface area contributed by atoms with E-state index in [-0.39, 0.29) is 0 Å². The summed E-state index contributed by atoms with van der Waals surface area (Å²) in [6.45, 7) is 8.04. The predicted molar refractivity (Wildman–Crippen MR) is 89.2 cm³/mol. The summed E-state index contributed by atoms with van der Waals surface area (Å²) in [5.41, 5.74) is 2.35. The molecule has 2 saturated heterocycles. The van der Waals surface area contributed by atoms with Gasteiger partial charge in [-0.1, -0.05) is 13.3 Å².